The summed E-state index contributed by atoms with van der Waals surface area (Å²) in [5.74, 6) is 1.49. The zero-order chi connectivity index (χ0) is 21.3. The first-order valence-corrected chi connectivity index (χ1v) is 12.6. The van der Waals surface area contributed by atoms with Crippen LogP contribution in [0.5, 0.6) is 0 Å². The maximum atomic E-state index is 12.8. The molecule has 2 aromatic rings. The fraction of sp³-hybridized carbons (Fsp3) is 0.636. The van der Waals surface area contributed by atoms with Gasteiger partial charge in [0, 0.05) is 42.4 Å². The zero-order valence-corrected chi connectivity index (χ0v) is 19.7. The van der Waals surface area contributed by atoms with Gasteiger partial charge in [-0.3, -0.25) is 9.59 Å². The van der Waals surface area contributed by atoms with Crippen molar-refractivity contribution in [2.45, 2.75) is 51.5 Å². The number of aromatic nitrogens is 2. The lowest BCUT2D eigenvalue weighted by atomic mass is 9.93. The van der Waals surface area contributed by atoms with Crippen LogP contribution in [0.15, 0.2) is 11.4 Å². The van der Waals surface area contributed by atoms with Gasteiger partial charge >= 0.3 is 0 Å². The lowest BCUT2D eigenvalue weighted by Gasteiger charge is -2.37. The third kappa shape index (κ3) is 4.49. The molecule has 0 aliphatic carbocycles. The molecule has 162 valence electrons. The first kappa shape index (κ1) is 21.6. The van der Waals surface area contributed by atoms with Gasteiger partial charge in [0.05, 0.1) is 5.75 Å². The van der Waals surface area contributed by atoms with Crippen LogP contribution in [0, 0.1) is 25.7 Å². The Balaban J connectivity index is 1.30. The summed E-state index contributed by atoms with van der Waals surface area (Å²) in [4.78, 5) is 40.6. The second kappa shape index (κ2) is 9.22. The highest BCUT2D eigenvalue weighted by molar-refractivity contribution is 8.00. The van der Waals surface area contributed by atoms with Crippen molar-refractivity contribution >= 4 is 45.1 Å². The molecule has 2 amide bonds. The fourth-order valence-electron chi connectivity index (χ4n) is 4.50. The maximum absolute atomic E-state index is 12.8. The molecule has 2 aromatic heterocycles. The van der Waals surface area contributed by atoms with Crippen molar-refractivity contribution in [2.75, 3.05) is 31.9 Å². The van der Waals surface area contributed by atoms with Crippen LogP contribution in [0.3, 0.4) is 0 Å². The third-order valence-electron chi connectivity index (χ3n) is 6.43. The van der Waals surface area contributed by atoms with Gasteiger partial charge < -0.3 is 9.80 Å². The number of likely N-dealkylation sites (tertiary alicyclic amines) is 2. The standard InChI is InChI=1S/C22H30N4O2S2/c1-14-5-4-8-26(11-14)22(28)17-6-9-25(10-7-17)18(27)12-29-20-19-15(2)16(3)30-21(19)24-13-23-20/h13-14,17H,4-12H2,1-3H3. The van der Waals surface area contributed by atoms with E-state index in [1.807, 2.05) is 4.90 Å². The molecule has 2 aliphatic heterocycles. The van der Waals surface area contributed by atoms with Crippen LogP contribution >= 0.6 is 23.1 Å². The number of thiophene rings is 1. The van der Waals surface area contributed by atoms with Gasteiger partial charge in [-0.25, -0.2) is 9.97 Å². The van der Waals surface area contributed by atoms with E-state index < -0.39 is 0 Å². The Hall–Kier alpha value is -1.67. The van der Waals surface area contributed by atoms with E-state index >= 15 is 0 Å². The van der Waals surface area contributed by atoms with Crippen LogP contribution in [0.25, 0.3) is 10.2 Å². The summed E-state index contributed by atoms with van der Waals surface area (Å²) in [6, 6.07) is 0. The second-order valence-electron chi connectivity index (χ2n) is 8.62. The molecule has 4 rings (SSSR count). The van der Waals surface area contributed by atoms with E-state index in [1.54, 1.807) is 17.7 Å². The van der Waals surface area contributed by atoms with Gasteiger partial charge in [-0.05, 0) is 51.0 Å². The first-order valence-electron chi connectivity index (χ1n) is 10.8. The van der Waals surface area contributed by atoms with Gasteiger partial charge in [-0.2, -0.15) is 0 Å². The molecule has 1 unspecified atom stereocenters. The van der Waals surface area contributed by atoms with Crippen LogP contribution in [0.2, 0.25) is 0 Å². The monoisotopic (exact) mass is 446 g/mol. The molecule has 0 spiro atoms. The number of hydrogen-bond acceptors (Lipinski definition) is 6. The summed E-state index contributed by atoms with van der Waals surface area (Å²) in [6.07, 6.45) is 5.48. The molecule has 0 N–H and O–H groups in total. The van der Waals surface area contributed by atoms with Gasteiger partial charge in [0.1, 0.15) is 16.2 Å². The first-order chi connectivity index (χ1) is 14.4. The number of carbonyl (C=O) groups excluding carboxylic acids is 2. The summed E-state index contributed by atoms with van der Waals surface area (Å²) >= 11 is 3.17. The predicted octanol–water partition coefficient (Wildman–Crippen LogP) is 3.90. The highest BCUT2D eigenvalue weighted by Crippen LogP contribution is 2.34. The number of nitrogens with zero attached hydrogens (tertiary/aromatic N) is 4. The molecular formula is C22H30N4O2S2. The van der Waals surface area contributed by atoms with Crippen molar-refractivity contribution < 1.29 is 9.59 Å². The van der Waals surface area contributed by atoms with Crippen LogP contribution in [0.4, 0.5) is 0 Å². The number of rotatable bonds is 4. The van der Waals surface area contributed by atoms with Crippen molar-refractivity contribution in [1.82, 2.24) is 19.8 Å². The molecule has 1 atom stereocenters. The number of hydrogen-bond donors (Lipinski definition) is 0. The maximum Gasteiger partial charge on any atom is 0.232 e. The molecule has 2 fully saturated rings. The Morgan fingerprint density at radius 2 is 1.90 bits per heavy atom. The van der Waals surface area contributed by atoms with E-state index in [4.69, 9.17) is 0 Å². The van der Waals surface area contributed by atoms with Crippen LogP contribution in [-0.2, 0) is 9.59 Å². The minimum atomic E-state index is 0.0740. The predicted molar refractivity (Wildman–Crippen MR) is 122 cm³/mol. The lowest BCUT2D eigenvalue weighted by molar-refractivity contribution is -0.141. The molecule has 0 aromatic carbocycles. The quantitative estimate of drug-likeness (QED) is 0.526. The average Bonchev–Trinajstić information content (AvgIpc) is 3.05. The molecule has 2 saturated heterocycles. The minimum absolute atomic E-state index is 0.0740. The van der Waals surface area contributed by atoms with Crippen molar-refractivity contribution in [1.29, 1.82) is 0 Å². The Morgan fingerprint density at radius 1 is 1.13 bits per heavy atom. The van der Waals surface area contributed by atoms with Crippen molar-refractivity contribution in [2.24, 2.45) is 11.8 Å². The van der Waals surface area contributed by atoms with Gasteiger partial charge in [-0.1, -0.05) is 18.7 Å². The summed E-state index contributed by atoms with van der Waals surface area (Å²) in [6.45, 7) is 9.55. The van der Waals surface area contributed by atoms with E-state index in [1.165, 1.54) is 28.6 Å². The minimum Gasteiger partial charge on any atom is -0.342 e. The normalized spacial score (nSPS) is 20.7. The van der Waals surface area contributed by atoms with E-state index in [0.717, 1.165) is 47.6 Å². The van der Waals surface area contributed by atoms with Crippen molar-refractivity contribution in [3.63, 3.8) is 0 Å². The summed E-state index contributed by atoms with van der Waals surface area (Å²) < 4.78 is 0. The second-order valence-corrected chi connectivity index (χ2v) is 10.8. The largest absolute Gasteiger partial charge is 0.342 e. The SMILES string of the molecule is Cc1sc2ncnc(SCC(=O)N3CCC(C(=O)N4CCCC(C)C4)CC3)c2c1C. The van der Waals surface area contributed by atoms with E-state index in [9.17, 15) is 9.59 Å². The third-order valence-corrected chi connectivity index (χ3v) is 8.52. The Kier molecular flexibility index (Phi) is 6.63. The average molecular weight is 447 g/mol. The fourth-order valence-corrected chi connectivity index (χ4v) is 6.52. The van der Waals surface area contributed by atoms with Gasteiger partial charge in [0.15, 0.2) is 0 Å². The molecule has 30 heavy (non-hydrogen) atoms. The number of piperidine rings is 2. The van der Waals surface area contributed by atoms with E-state index in [2.05, 4.69) is 35.6 Å². The van der Waals surface area contributed by atoms with Crippen LogP contribution < -0.4 is 0 Å². The Morgan fingerprint density at radius 3 is 2.63 bits per heavy atom. The van der Waals surface area contributed by atoms with Crippen molar-refractivity contribution in [3.05, 3.63) is 16.8 Å². The molecule has 0 bridgehead atoms. The molecule has 8 heteroatoms. The van der Waals surface area contributed by atoms with Crippen molar-refractivity contribution in [3.8, 4) is 0 Å². The Labute approximate surface area is 186 Å². The summed E-state index contributed by atoms with van der Waals surface area (Å²) in [5.41, 5.74) is 1.21. The summed E-state index contributed by atoms with van der Waals surface area (Å²) in [7, 11) is 0. The van der Waals surface area contributed by atoms with Gasteiger partial charge in [-0.15, -0.1) is 11.3 Å². The number of carbonyl (C=O) groups is 2. The highest BCUT2D eigenvalue weighted by Gasteiger charge is 2.31. The Bertz CT molecular complexity index is 937. The molecule has 0 saturated carbocycles. The van der Waals surface area contributed by atoms with Crippen LogP contribution in [0.1, 0.15) is 43.0 Å². The molecule has 2 aliphatic rings. The number of amides is 2. The topological polar surface area (TPSA) is 66.4 Å². The van der Waals surface area contributed by atoms with E-state index in [0.29, 0.717) is 30.7 Å². The van der Waals surface area contributed by atoms with Gasteiger partial charge in [0.25, 0.3) is 0 Å². The zero-order valence-electron chi connectivity index (χ0n) is 18.0. The van der Waals surface area contributed by atoms with Gasteiger partial charge in [0.2, 0.25) is 11.8 Å². The number of aryl methyl sites for hydroxylation is 2. The molecule has 6 nitrogen and oxygen atoms in total. The highest BCUT2D eigenvalue weighted by atomic mass is 32.2. The smallest absolute Gasteiger partial charge is 0.232 e. The number of thioether (sulfide) groups is 1. The summed E-state index contributed by atoms with van der Waals surface area (Å²) in [5, 5.41) is 1.97. The molecule has 4 heterocycles. The van der Waals surface area contributed by atoms with E-state index in [-0.39, 0.29) is 11.8 Å². The van der Waals surface area contributed by atoms with Crippen LogP contribution in [-0.4, -0.2) is 63.5 Å². The molecule has 0 radical (unpaired) electrons. The number of fused-ring (bicyclic) bond motifs is 1. The molecular weight excluding hydrogens is 416 g/mol. The lowest BCUT2D eigenvalue weighted by Crippen LogP contribution is -2.47.